The molecule has 1 aliphatic carbocycles. The van der Waals surface area contributed by atoms with Gasteiger partial charge in [0.2, 0.25) is 0 Å². The van der Waals surface area contributed by atoms with Gasteiger partial charge in [0.15, 0.2) is 5.60 Å². The first-order valence-electron chi connectivity index (χ1n) is 5.68. The van der Waals surface area contributed by atoms with Gasteiger partial charge in [-0.15, -0.1) is 0 Å². The molecule has 108 valence electrons. The fourth-order valence-electron chi connectivity index (χ4n) is 1.39. The minimum Gasteiger partial charge on any atom is -0.465 e. The summed E-state index contributed by atoms with van der Waals surface area (Å²) in [6.07, 6.45) is 4.05. The van der Waals surface area contributed by atoms with Gasteiger partial charge in [-0.1, -0.05) is 18.2 Å². The fourth-order valence-corrected chi connectivity index (χ4v) is 1.39. The lowest BCUT2D eigenvalue weighted by atomic mass is 9.91. The van der Waals surface area contributed by atoms with E-state index in [-0.39, 0.29) is 6.10 Å². The largest absolute Gasteiger partial charge is 0.465 e. The van der Waals surface area contributed by atoms with Crippen LogP contribution >= 0.6 is 0 Å². The van der Waals surface area contributed by atoms with Crippen molar-refractivity contribution < 1.29 is 24.5 Å². The first-order valence-corrected chi connectivity index (χ1v) is 5.68. The molecule has 7 nitrogen and oxygen atoms in total. The van der Waals surface area contributed by atoms with Gasteiger partial charge in [-0.3, -0.25) is 4.79 Å². The van der Waals surface area contributed by atoms with E-state index in [0.29, 0.717) is 0 Å². The van der Waals surface area contributed by atoms with Crippen molar-refractivity contribution in [3.63, 3.8) is 0 Å². The van der Waals surface area contributed by atoms with Crippen molar-refractivity contribution in [1.82, 2.24) is 5.32 Å². The molecular formula is C12H20N2O5. The number of amides is 2. The van der Waals surface area contributed by atoms with Gasteiger partial charge in [-0.2, -0.15) is 0 Å². The number of primary amides is 1. The molecule has 2 unspecified atom stereocenters. The van der Waals surface area contributed by atoms with Crippen molar-refractivity contribution in [3.05, 3.63) is 24.3 Å². The molecule has 2 atom stereocenters. The molecule has 0 aliphatic heterocycles. The molecular weight excluding hydrogens is 252 g/mol. The summed E-state index contributed by atoms with van der Waals surface area (Å²) in [5.41, 5.74) is 3.82. The van der Waals surface area contributed by atoms with Gasteiger partial charge >= 0.3 is 6.09 Å². The first kappa shape index (κ1) is 17.1. The molecule has 0 bridgehead atoms. The lowest BCUT2D eigenvalue weighted by Crippen LogP contribution is -2.54. The van der Waals surface area contributed by atoms with Gasteiger partial charge in [0.1, 0.15) is 6.10 Å². The molecule has 0 spiro atoms. The summed E-state index contributed by atoms with van der Waals surface area (Å²) in [4.78, 5) is 20.5. The Hall–Kier alpha value is -1.86. The van der Waals surface area contributed by atoms with Gasteiger partial charge in [0, 0.05) is 7.05 Å². The maximum atomic E-state index is 11.3. The van der Waals surface area contributed by atoms with Crippen molar-refractivity contribution in [2.24, 2.45) is 5.73 Å². The third-order valence-electron chi connectivity index (χ3n) is 2.22. The Labute approximate surface area is 111 Å². The van der Waals surface area contributed by atoms with Crippen molar-refractivity contribution in [3.8, 4) is 0 Å². The van der Waals surface area contributed by atoms with Crippen LogP contribution in [0.25, 0.3) is 0 Å². The Morgan fingerprint density at radius 1 is 1.42 bits per heavy atom. The van der Waals surface area contributed by atoms with Crippen LogP contribution in [0.1, 0.15) is 13.8 Å². The molecule has 1 aliphatic rings. The predicted molar refractivity (Wildman–Crippen MR) is 69.5 cm³/mol. The van der Waals surface area contributed by atoms with E-state index < -0.39 is 23.7 Å². The maximum Gasteiger partial charge on any atom is 0.404 e. The Morgan fingerprint density at radius 2 is 1.95 bits per heavy atom. The highest BCUT2D eigenvalue weighted by Crippen LogP contribution is 2.24. The van der Waals surface area contributed by atoms with Gasteiger partial charge in [-0.25, -0.2) is 4.79 Å². The standard InChI is InChI=1S/C10H15NO3.C2H5NO2/c1-7(2)14-10(9(11)13)6-4-3-5-8(10)12;1-3-2(4)5/h3-8,12H,1-2H3,(H2,11,13);3H,1H3,(H,4,5). The minimum atomic E-state index is -1.41. The van der Waals surface area contributed by atoms with Crippen LogP contribution < -0.4 is 11.1 Å². The van der Waals surface area contributed by atoms with Crippen molar-refractivity contribution in [2.75, 3.05) is 7.05 Å². The highest BCUT2D eigenvalue weighted by atomic mass is 16.5. The van der Waals surface area contributed by atoms with Crippen LogP contribution in [0.15, 0.2) is 24.3 Å². The van der Waals surface area contributed by atoms with Crippen LogP contribution in [-0.4, -0.2) is 47.1 Å². The summed E-state index contributed by atoms with van der Waals surface area (Å²) >= 11 is 0. The number of ether oxygens (including phenoxy) is 1. The number of hydrogen-bond donors (Lipinski definition) is 4. The highest BCUT2D eigenvalue weighted by Gasteiger charge is 2.43. The molecule has 7 heteroatoms. The zero-order valence-electron chi connectivity index (χ0n) is 11.2. The highest BCUT2D eigenvalue weighted by molar-refractivity contribution is 5.87. The smallest absolute Gasteiger partial charge is 0.404 e. The number of hydrogen-bond acceptors (Lipinski definition) is 4. The van der Waals surface area contributed by atoms with Gasteiger partial charge < -0.3 is 26.0 Å². The second-order valence-corrected chi connectivity index (χ2v) is 4.07. The average Bonchev–Trinajstić information content (AvgIpc) is 2.32. The zero-order chi connectivity index (χ0) is 15.1. The summed E-state index contributed by atoms with van der Waals surface area (Å²) in [7, 11) is 1.35. The third kappa shape index (κ3) is 5.11. The van der Waals surface area contributed by atoms with Gasteiger partial charge in [-0.05, 0) is 19.9 Å². The number of nitrogens with two attached hydrogens (primary N) is 1. The van der Waals surface area contributed by atoms with E-state index in [9.17, 15) is 14.7 Å². The Morgan fingerprint density at radius 3 is 2.26 bits per heavy atom. The van der Waals surface area contributed by atoms with Crippen molar-refractivity contribution in [1.29, 1.82) is 0 Å². The monoisotopic (exact) mass is 272 g/mol. The van der Waals surface area contributed by atoms with Crippen LogP contribution in [0.2, 0.25) is 0 Å². The van der Waals surface area contributed by atoms with Crippen LogP contribution in [-0.2, 0) is 9.53 Å². The molecule has 0 radical (unpaired) electrons. The Bertz CT molecular complexity index is 378. The zero-order valence-corrected chi connectivity index (χ0v) is 11.2. The molecule has 1 rings (SSSR count). The van der Waals surface area contributed by atoms with Crippen LogP contribution in [0.3, 0.4) is 0 Å². The SMILES string of the molecule is CC(C)OC1(C(N)=O)C=CC=CC1O.CNC(=O)O. The number of allylic oxidation sites excluding steroid dienone is 2. The minimum absolute atomic E-state index is 0.187. The molecule has 2 amide bonds. The number of aliphatic hydroxyl groups is 1. The van der Waals surface area contributed by atoms with E-state index in [1.807, 2.05) is 5.32 Å². The molecule has 0 fully saturated rings. The van der Waals surface area contributed by atoms with Crippen LogP contribution in [0.5, 0.6) is 0 Å². The molecule has 0 aromatic heterocycles. The summed E-state index contributed by atoms with van der Waals surface area (Å²) in [6.45, 7) is 3.56. The maximum absolute atomic E-state index is 11.3. The topological polar surface area (TPSA) is 122 Å². The van der Waals surface area contributed by atoms with Crippen LogP contribution in [0, 0.1) is 0 Å². The van der Waals surface area contributed by atoms with Crippen molar-refractivity contribution in [2.45, 2.75) is 31.7 Å². The number of nitrogens with one attached hydrogen (secondary N) is 1. The van der Waals surface area contributed by atoms with E-state index >= 15 is 0 Å². The van der Waals surface area contributed by atoms with E-state index in [1.54, 1.807) is 26.0 Å². The summed E-state index contributed by atoms with van der Waals surface area (Å²) in [6, 6.07) is 0. The predicted octanol–water partition coefficient (Wildman–Crippen LogP) is 0.00620. The molecule has 0 saturated heterocycles. The summed E-state index contributed by atoms with van der Waals surface area (Å²) < 4.78 is 5.39. The van der Waals surface area contributed by atoms with E-state index in [0.717, 1.165) is 0 Å². The fraction of sp³-hybridized carbons (Fsp3) is 0.500. The molecule has 0 saturated carbocycles. The van der Waals surface area contributed by atoms with E-state index in [1.165, 1.54) is 19.2 Å². The summed E-state index contributed by atoms with van der Waals surface area (Å²) in [5.74, 6) is -0.681. The number of rotatable bonds is 3. The van der Waals surface area contributed by atoms with E-state index in [4.69, 9.17) is 15.6 Å². The summed E-state index contributed by atoms with van der Waals surface area (Å²) in [5, 5.41) is 19.2. The number of carboxylic acid groups (broad SMARTS) is 1. The number of aliphatic hydroxyl groups excluding tert-OH is 1. The number of carbonyl (C=O) groups excluding carboxylic acids is 1. The Kier molecular flexibility index (Phi) is 6.81. The molecule has 0 aromatic carbocycles. The molecule has 0 aromatic rings. The third-order valence-corrected chi connectivity index (χ3v) is 2.22. The second kappa shape index (κ2) is 7.55. The van der Waals surface area contributed by atoms with Gasteiger partial charge in [0.05, 0.1) is 6.10 Å². The average molecular weight is 272 g/mol. The molecule has 19 heavy (non-hydrogen) atoms. The molecule has 0 heterocycles. The quantitative estimate of drug-likeness (QED) is 0.576. The lowest BCUT2D eigenvalue weighted by Gasteiger charge is -2.34. The number of carbonyl (C=O) groups is 2. The van der Waals surface area contributed by atoms with E-state index in [2.05, 4.69) is 0 Å². The Balaban J connectivity index is 0.000000555. The van der Waals surface area contributed by atoms with Crippen molar-refractivity contribution >= 4 is 12.0 Å². The first-order chi connectivity index (χ1) is 8.76. The lowest BCUT2D eigenvalue weighted by molar-refractivity contribution is -0.154. The van der Waals surface area contributed by atoms with Crippen LogP contribution in [0.4, 0.5) is 4.79 Å². The second-order valence-electron chi connectivity index (χ2n) is 4.07. The normalized spacial score (nSPS) is 24.6. The van der Waals surface area contributed by atoms with Gasteiger partial charge in [0.25, 0.3) is 5.91 Å². The molecule has 5 N–H and O–H groups in total.